The standard InChI is InChI=1S/C21H40O2/c1-3-18(2)13-11-9-7-5-4-6-8-10-12-14-19-17-20(19)15-16-21(22)23/h18-20H,3-17H2,1-2H3,(H,22,23). The van der Waals surface area contributed by atoms with Crippen molar-refractivity contribution in [3.05, 3.63) is 0 Å². The zero-order chi connectivity index (χ0) is 16.9. The topological polar surface area (TPSA) is 37.3 Å². The number of rotatable bonds is 16. The van der Waals surface area contributed by atoms with Crippen LogP contribution >= 0.6 is 0 Å². The molecule has 1 aliphatic carbocycles. The number of carbonyl (C=O) groups is 1. The summed E-state index contributed by atoms with van der Waals surface area (Å²) in [6, 6.07) is 0. The van der Waals surface area contributed by atoms with E-state index in [-0.39, 0.29) is 0 Å². The van der Waals surface area contributed by atoms with Gasteiger partial charge in [0.25, 0.3) is 0 Å². The molecule has 0 saturated heterocycles. The molecule has 0 aliphatic heterocycles. The van der Waals surface area contributed by atoms with Crippen molar-refractivity contribution in [1.29, 1.82) is 0 Å². The maximum atomic E-state index is 10.5. The van der Waals surface area contributed by atoms with Crippen molar-refractivity contribution in [3.8, 4) is 0 Å². The second-order valence-electron chi connectivity index (χ2n) is 7.96. The molecule has 3 atom stereocenters. The Balaban J connectivity index is 1.73. The van der Waals surface area contributed by atoms with Gasteiger partial charge in [-0.3, -0.25) is 4.79 Å². The summed E-state index contributed by atoms with van der Waals surface area (Å²) in [5, 5.41) is 8.68. The average Bonchev–Trinajstić information content (AvgIpc) is 3.28. The van der Waals surface area contributed by atoms with Crippen LogP contribution in [0.25, 0.3) is 0 Å². The van der Waals surface area contributed by atoms with Crippen LogP contribution in [0.1, 0.15) is 110 Å². The van der Waals surface area contributed by atoms with Crippen LogP contribution in [0.4, 0.5) is 0 Å². The van der Waals surface area contributed by atoms with E-state index in [9.17, 15) is 4.79 Å². The molecule has 0 aromatic heterocycles. The van der Waals surface area contributed by atoms with Gasteiger partial charge in [-0.2, -0.15) is 0 Å². The van der Waals surface area contributed by atoms with Gasteiger partial charge in [0.1, 0.15) is 0 Å². The average molecular weight is 325 g/mol. The van der Waals surface area contributed by atoms with E-state index in [1.165, 1.54) is 83.5 Å². The summed E-state index contributed by atoms with van der Waals surface area (Å²) >= 11 is 0. The molecule has 1 aliphatic rings. The fraction of sp³-hybridized carbons (Fsp3) is 0.952. The van der Waals surface area contributed by atoms with Gasteiger partial charge in [0.15, 0.2) is 0 Å². The van der Waals surface area contributed by atoms with Gasteiger partial charge in [0, 0.05) is 6.42 Å². The molecule has 2 nitrogen and oxygen atoms in total. The van der Waals surface area contributed by atoms with E-state index in [0.29, 0.717) is 6.42 Å². The van der Waals surface area contributed by atoms with Crippen LogP contribution in [0, 0.1) is 17.8 Å². The predicted molar refractivity (Wildman–Crippen MR) is 98.7 cm³/mol. The minimum absolute atomic E-state index is 0.374. The summed E-state index contributed by atoms with van der Waals surface area (Å²) in [4.78, 5) is 10.5. The Morgan fingerprint density at radius 1 is 0.913 bits per heavy atom. The molecule has 0 heterocycles. The number of aliphatic carboxylic acids is 1. The van der Waals surface area contributed by atoms with Gasteiger partial charge < -0.3 is 5.11 Å². The zero-order valence-electron chi connectivity index (χ0n) is 15.7. The highest BCUT2D eigenvalue weighted by atomic mass is 16.4. The Morgan fingerprint density at radius 2 is 1.43 bits per heavy atom. The summed E-state index contributed by atoms with van der Waals surface area (Å²) in [7, 11) is 0. The number of hydrogen-bond donors (Lipinski definition) is 1. The minimum atomic E-state index is -0.629. The molecule has 1 rings (SSSR count). The van der Waals surface area contributed by atoms with Crippen molar-refractivity contribution in [2.24, 2.45) is 17.8 Å². The molecule has 0 amide bonds. The molecule has 0 aromatic carbocycles. The molecule has 1 fully saturated rings. The number of hydrogen-bond acceptors (Lipinski definition) is 1. The highest BCUT2D eigenvalue weighted by molar-refractivity contribution is 5.66. The van der Waals surface area contributed by atoms with Crippen LogP contribution in [-0.4, -0.2) is 11.1 Å². The SMILES string of the molecule is CCC(C)CCCCCCCCCCCC1CC1CCC(=O)O. The predicted octanol–water partition coefficient (Wildman–Crippen LogP) is 6.82. The highest BCUT2D eigenvalue weighted by Gasteiger charge is 2.35. The maximum Gasteiger partial charge on any atom is 0.303 e. The molecule has 0 bridgehead atoms. The molecule has 1 N–H and O–H groups in total. The van der Waals surface area contributed by atoms with Gasteiger partial charge in [-0.15, -0.1) is 0 Å². The van der Waals surface area contributed by atoms with Crippen molar-refractivity contribution >= 4 is 5.97 Å². The van der Waals surface area contributed by atoms with Crippen LogP contribution < -0.4 is 0 Å². The van der Waals surface area contributed by atoms with Gasteiger partial charge in [-0.05, 0) is 30.6 Å². The van der Waals surface area contributed by atoms with Crippen LogP contribution in [0.5, 0.6) is 0 Å². The van der Waals surface area contributed by atoms with E-state index in [1.54, 1.807) is 0 Å². The fourth-order valence-electron chi connectivity index (χ4n) is 3.67. The zero-order valence-corrected chi connectivity index (χ0v) is 15.7. The first-order chi connectivity index (χ1) is 11.1. The molecule has 1 saturated carbocycles. The van der Waals surface area contributed by atoms with E-state index < -0.39 is 5.97 Å². The van der Waals surface area contributed by atoms with Crippen molar-refractivity contribution in [3.63, 3.8) is 0 Å². The first kappa shape index (κ1) is 20.5. The Hall–Kier alpha value is -0.530. The van der Waals surface area contributed by atoms with Crippen molar-refractivity contribution in [2.75, 3.05) is 0 Å². The highest BCUT2D eigenvalue weighted by Crippen LogP contribution is 2.45. The smallest absolute Gasteiger partial charge is 0.303 e. The number of carboxylic acids is 1. The summed E-state index contributed by atoms with van der Waals surface area (Å²) in [5.41, 5.74) is 0. The van der Waals surface area contributed by atoms with E-state index in [0.717, 1.165) is 24.2 Å². The van der Waals surface area contributed by atoms with Crippen LogP contribution in [0.3, 0.4) is 0 Å². The normalized spacial score (nSPS) is 21.3. The maximum absolute atomic E-state index is 10.5. The van der Waals surface area contributed by atoms with Crippen molar-refractivity contribution in [1.82, 2.24) is 0 Å². The minimum Gasteiger partial charge on any atom is -0.481 e. The molecule has 3 unspecified atom stereocenters. The Labute approximate surface area is 144 Å². The van der Waals surface area contributed by atoms with Crippen LogP contribution in [0.2, 0.25) is 0 Å². The fourth-order valence-corrected chi connectivity index (χ4v) is 3.67. The third-order valence-electron chi connectivity index (χ3n) is 5.77. The monoisotopic (exact) mass is 324 g/mol. The molecule has 2 heteroatoms. The second kappa shape index (κ2) is 12.8. The summed E-state index contributed by atoms with van der Waals surface area (Å²) in [6.07, 6.45) is 19.4. The quantitative estimate of drug-likeness (QED) is 0.316. The van der Waals surface area contributed by atoms with E-state index in [1.807, 2.05) is 0 Å². The van der Waals surface area contributed by atoms with Gasteiger partial charge in [0.2, 0.25) is 0 Å². The lowest BCUT2D eigenvalue weighted by molar-refractivity contribution is -0.137. The van der Waals surface area contributed by atoms with E-state index >= 15 is 0 Å². The lowest BCUT2D eigenvalue weighted by Crippen LogP contribution is -1.95. The Morgan fingerprint density at radius 3 is 2.00 bits per heavy atom. The van der Waals surface area contributed by atoms with Gasteiger partial charge in [0.05, 0.1) is 0 Å². The molecular formula is C21H40O2. The summed E-state index contributed by atoms with van der Waals surface area (Å²) in [5.74, 6) is 1.89. The Kier molecular flexibility index (Phi) is 11.5. The molecular weight excluding hydrogens is 284 g/mol. The van der Waals surface area contributed by atoms with Crippen LogP contribution in [0.15, 0.2) is 0 Å². The largest absolute Gasteiger partial charge is 0.481 e. The molecule has 23 heavy (non-hydrogen) atoms. The first-order valence-electron chi connectivity index (χ1n) is 10.3. The van der Waals surface area contributed by atoms with E-state index in [4.69, 9.17) is 5.11 Å². The lowest BCUT2D eigenvalue weighted by atomic mass is 9.99. The number of unbranched alkanes of at least 4 members (excludes halogenated alkanes) is 8. The summed E-state index contributed by atoms with van der Waals surface area (Å²) < 4.78 is 0. The second-order valence-corrected chi connectivity index (χ2v) is 7.96. The summed E-state index contributed by atoms with van der Waals surface area (Å²) in [6.45, 7) is 4.67. The van der Waals surface area contributed by atoms with Gasteiger partial charge in [-0.1, -0.05) is 90.9 Å². The van der Waals surface area contributed by atoms with Crippen molar-refractivity contribution < 1.29 is 9.90 Å². The third kappa shape index (κ3) is 11.6. The molecule has 0 radical (unpaired) electrons. The van der Waals surface area contributed by atoms with Crippen molar-refractivity contribution in [2.45, 2.75) is 110 Å². The molecule has 0 spiro atoms. The van der Waals surface area contributed by atoms with Gasteiger partial charge in [-0.25, -0.2) is 0 Å². The molecule has 0 aromatic rings. The van der Waals surface area contributed by atoms with E-state index in [2.05, 4.69) is 13.8 Å². The lowest BCUT2D eigenvalue weighted by Gasteiger charge is -2.07. The third-order valence-corrected chi connectivity index (χ3v) is 5.77. The Bertz CT molecular complexity index is 300. The molecule has 136 valence electrons. The first-order valence-corrected chi connectivity index (χ1v) is 10.3. The van der Waals surface area contributed by atoms with Crippen LogP contribution in [-0.2, 0) is 4.79 Å². The van der Waals surface area contributed by atoms with Gasteiger partial charge >= 0.3 is 5.97 Å². The number of carboxylic acid groups (broad SMARTS) is 1.